The number of aliphatic hydroxyl groups is 1. The first-order chi connectivity index (χ1) is 10.5. The minimum atomic E-state index is -0.468. The van der Waals surface area contributed by atoms with E-state index in [4.69, 9.17) is 0 Å². The van der Waals surface area contributed by atoms with E-state index < -0.39 is 6.10 Å². The van der Waals surface area contributed by atoms with Gasteiger partial charge in [-0.1, -0.05) is 38.5 Å². The first-order valence-electron chi connectivity index (χ1n) is 8.03. The van der Waals surface area contributed by atoms with E-state index in [0.717, 1.165) is 17.5 Å². The molecule has 0 aliphatic rings. The Morgan fingerprint density at radius 2 is 2.18 bits per heavy atom. The Kier molecular flexibility index (Phi) is 5.61. The van der Waals surface area contributed by atoms with Gasteiger partial charge >= 0.3 is 0 Å². The Balaban J connectivity index is 1.87. The molecule has 22 heavy (non-hydrogen) atoms. The van der Waals surface area contributed by atoms with Gasteiger partial charge in [-0.15, -0.1) is 0 Å². The van der Waals surface area contributed by atoms with Crippen LogP contribution >= 0.6 is 0 Å². The molecular formula is C18H26N2O2. The van der Waals surface area contributed by atoms with Gasteiger partial charge < -0.3 is 15.4 Å². The molecule has 1 aromatic heterocycles. The fraction of sp³-hybridized carbons (Fsp3) is 0.500. The molecule has 0 fully saturated rings. The second kappa shape index (κ2) is 7.45. The van der Waals surface area contributed by atoms with Crippen molar-refractivity contribution in [3.8, 4) is 0 Å². The lowest BCUT2D eigenvalue weighted by Gasteiger charge is -2.17. The molecule has 1 heterocycles. The van der Waals surface area contributed by atoms with Gasteiger partial charge in [-0.2, -0.15) is 0 Å². The molecular weight excluding hydrogens is 276 g/mol. The highest BCUT2D eigenvalue weighted by Crippen LogP contribution is 2.22. The van der Waals surface area contributed by atoms with Crippen LogP contribution in [0.1, 0.15) is 37.8 Å². The summed E-state index contributed by atoms with van der Waals surface area (Å²) in [5.41, 5.74) is 3.52. The second-order valence-electron chi connectivity index (χ2n) is 6.07. The van der Waals surface area contributed by atoms with Crippen molar-refractivity contribution in [2.24, 2.45) is 5.92 Å². The Labute approximate surface area is 131 Å². The average molecular weight is 302 g/mol. The molecule has 2 aromatic rings. The topological polar surface area (TPSA) is 65.1 Å². The van der Waals surface area contributed by atoms with Crippen molar-refractivity contribution in [3.63, 3.8) is 0 Å². The number of hydrogen-bond acceptors (Lipinski definition) is 2. The molecule has 0 spiro atoms. The number of H-pyrrole nitrogens is 1. The zero-order valence-corrected chi connectivity index (χ0v) is 13.6. The predicted molar refractivity (Wildman–Crippen MR) is 89.8 cm³/mol. The maximum atomic E-state index is 11.9. The number of para-hydroxylation sites is 1. The van der Waals surface area contributed by atoms with Gasteiger partial charge in [-0.05, 0) is 30.4 Å². The third-order valence-electron chi connectivity index (χ3n) is 4.44. The van der Waals surface area contributed by atoms with E-state index in [2.05, 4.69) is 29.4 Å². The van der Waals surface area contributed by atoms with Crippen LogP contribution in [-0.4, -0.2) is 28.6 Å². The second-order valence-corrected chi connectivity index (χ2v) is 6.07. The molecule has 0 aliphatic carbocycles. The van der Waals surface area contributed by atoms with Crippen molar-refractivity contribution in [3.05, 3.63) is 35.5 Å². The summed E-state index contributed by atoms with van der Waals surface area (Å²) in [5.74, 6) is 0.196. The molecule has 0 saturated carbocycles. The third kappa shape index (κ3) is 3.89. The van der Waals surface area contributed by atoms with Crippen molar-refractivity contribution < 1.29 is 9.90 Å². The zero-order chi connectivity index (χ0) is 16.1. The molecule has 1 amide bonds. The predicted octanol–water partition coefficient (Wildman–Crippen LogP) is 2.93. The first kappa shape index (κ1) is 16.6. The zero-order valence-electron chi connectivity index (χ0n) is 13.6. The van der Waals surface area contributed by atoms with Gasteiger partial charge in [-0.3, -0.25) is 4.79 Å². The van der Waals surface area contributed by atoms with Crippen LogP contribution < -0.4 is 5.32 Å². The lowest BCUT2D eigenvalue weighted by molar-refractivity contribution is -0.121. The van der Waals surface area contributed by atoms with Crippen LogP contribution in [0.4, 0.5) is 0 Å². The van der Waals surface area contributed by atoms with E-state index in [9.17, 15) is 9.90 Å². The highest BCUT2D eigenvalue weighted by atomic mass is 16.3. The summed E-state index contributed by atoms with van der Waals surface area (Å²) in [6.45, 7) is 6.44. The maximum absolute atomic E-state index is 11.9. The van der Waals surface area contributed by atoms with E-state index in [1.54, 1.807) is 0 Å². The number of carbonyl (C=O) groups excluding carboxylic acids is 1. The largest absolute Gasteiger partial charge is 0.391 e. The fourth-order valence-corrected chi connectivity index (χ4v) is 2.60. The molecule has 2 atom stereocenters. The summed E-state index contributed by atoms with van der Waals surface area (Å²) in [6, 6.07) is 6.20. The minimum absolute atomic E-state index is 0.00986. The number of nitrogens with one attached hydrogen (secondary N) is 2. The Morgan fingerprint density at radius 3 is 2.91 bits per heavy atom. The number of aromatic nitrogens is 1. The van der Waals surface area contributed by atoms with Gasteiger partial charge in [0.2, 0.25) is 5.91 Å². The summed E-state index contributed by atoms with van der Waals surface area (Å²) >= 11 is 0. The van der Waals surface area contributed by atoms with Crippen LogP contribution in [0.5, 0.6) is 0 Å². The molecule has 0 aliphatic heterocycles. The third-order valence-corrected chi connectivity index (χ3v) is 4.44. The number of amides is 1. The SMILES string of the molecule is CCC(C)C(O)CNC(=O)CCc1c[nH]c2c(C)cccc12. The van der Waals surface area contributed by atoms with Crippen LogP contribution in [0.25, 0.3) is 10.9 Å². The van der Waals surface area contributed by atoms with E-state index in [0.29, 0.717) is 19.4 Å². The monoisotopic (exact) mass is 302 g/mol. The highest BCUT2D eigenvalue weighted by Gasteiger charge is 2.13. The average Bonchev–Trinajstić information content (AvgIpc) is 2.94. The van der Waals surface area contributed by atoms with Gasteiger partial charge in [0.05, 0.1) is 6.10 Å². The Hall–Kier alpha value is -1.81. The number of hydrogen-bond donors (Lipinski definition) is 3. The van der Waals surface area contributed by atoms with Crippen LogP contribution in [0, 0.1) is 12.8 Å². The van der Waals surface area contributed by atoms with Gasteiger partial charge in [0.25, 0.3) is 0 Å². The van der Waals surface area contributed by atoms with Gasteiger partial charge in [0.15, 0.2) is 0 Å². The van der Waals surface area contributed by atoms with Gasteiger partial charge in [0.1, 0.15) is 0 Å². The van der Waals surface area contributed by atoms with Gasteiger partial charge in [0, 0.05) is 30.1 Å². The summed E-state index contributed by atoms with van der Waals surface area (Å²) in [7, 11) is 0. The standard InChI is InChI=1S/C18H26N2O2/c1-4-12(2)16(21)11-19-17(22)9-8-14-10-20-18-13(3)6-5-7-15(14)18/h5-7,10,12,16,20-21H,4,8-9,11H2,1-3H3,(H,19,22). The van der Waals surface area contributed by atoms with E-state index in [1.807, 2.05) is 26.1 Å². The molecule has 2 unspecified atom stereocenters. The summed E-state index contributed by atoms with van der Waals surface area (Å²) in [5, 5.41) is 13.9. The van der Waals surface area contributed by atoms with Crippen molar-refractivity contribution in [2.45, 2.75) is 46.1 Å². The van der Waals surface area contributed by atoms with Crippen LogP contribution in [0.2, 0.25) is 0 Å². The van der Waals surface area contributed by atoms with Crippen molar-refractivity contribution in [2.75, 3.05) is 6.54 Å². The minimum Gasteiger partial charge on any atom is -0.391 e. The van der Waals surface area contributed by atoms with Crippen LogP contribution in [-0.2, 0) is 11.2 Å². The molecule has 0 bridgehead atoms. The number of aromatic amines is 1. The number of benzene rings is 1. The molecule has 2 rings (SSSR count). The number of rotatable bonds is 7. The molecule has 4 nitrogen and oxygen atoms in total. The van der Waals surface area contributed by atoms with Crippen LogP contribution in [0.3, 0.4) is 0 Å². The van der Waals surface area contributed by atoms with Crippen molar-refractivity contribution in [1.82, 2.24) is 10.3 Å². The summed E-state index contributed by atoms with van der Waals surface area (Å²) < 4.78 is 0. The number of aliphatic hydroxyl groups excluding tert-OH is 1. The maximum Gasteiger partial charge on any atom is 0.220 e. The number of aryl methyl sites for hydroxylation is 2. The van der Waals surface area contributed by atoms with Crippen molar-refractivity contribution in [1.29, 1.82) is 0 Å². The number of carbonyl (C=O) groups is 1. The fourth-order valence-electron chi connectivity index (χ4n) is 2.60. The van der Waals surface area contributed by atoms with E-state index in [1.165, 1.54) is 10.9 Å². The lowest BCUT2D eigenvalue weighted by Crippen LogP contribution is -2.35. The quantitative estimate of drug-likeness (QED) is 0.736. The molecule has 0 saturated heterocycles. The molecule has 4 heteroatoms. The highest BCUT2D eigenvalue weighted by molar-refractivity contribution is 5.86. The van der Waals surface area contributed by atoms with Crippen molar-refractivity contribution >= 4 is 16.8 Å². The Morgan fingerprint density at radius 1 is 1.41 bits per heavy atom. The lowest BCUT2D eigenvalue weighted by atomic mass is 10.0. The van der Waals surface area contributed by atoms with Crippen LogP contribution in [0.15, 0.2) is 24.4 Å². The van der Waals surface area contributed by atoms with Gasteiger partial charge in [-0.25, -0.2) is 0 Å². The number of fused-ring (bicyclic) bond motifs is 1. The normalized spacial score (nSPS) is 14.0. The smallest absolute Gasteiger partial charge is 0.220 e. The Bertz CT molecular complexity index is 633. The summed E-state index contributed by atoms with van der Waals surface area (Å²) in [6.07, 6.45) is 3.57. The molecule has 1 aromatic carbocycles. The van der Waals surface area contributed by atoms with E-state index in [-0.39, 0.29) is 11.8 Å². The molecule has 0 radical (unpaired) electrons. The molecule has 120 valence electrons. The molecule has 3 N–H and O–H groups in total. The summed E-state index contributed by atoms with van der Waals surface area (Å²) in [4.78, 5) is 15.2. The first-order valence-corrected chi connectivity index (χ1v) is 8.03. The van der Waals surface area contributed by atoms with E-state index >= 15 is 0 Å².